The van der Waals surface area contributed by atoms with E-state index in [2.05, 4.69) is 30.9 Å². The van der Waals surface area contributed by atoms with E-state index in [9.17, 15) is 27.6 Å². The van der Waals surface area contributed by atoms with Gasteiger partial charge in [-0.15, -0.1) is 0 Å². The molecular formula is C34H29F3N6O3. The minimum absolute atomic E-state index is 0.114. The molecule has 0 radical (unpaired) electrons. The number of amides is 3. The Morgan fingerprint density at radius 1 is 0.848 bits per heavy atom. The zero-order valence-corrected chi connectivity index (χ0v) is 24.6. The van der Waals surface area contributed by atoms with E-state index in [1.54, 1.807) is 60.8 Å². The van der Waals surface area contributed by atoms with Gasteiger partial charge in [-0.25, -0.2) is 4.98 Å². The smallest absolute Gasteiger partial charge is 0.354 e. The van der Waals surface area contributed by atoms with Crippen LogP contribution >= 0.6 is 0 Å². The number of rotatable bonds is 10. The van der Waals surface area contributed by atoms with Gasteiger partial charge in [0.05, 0.1) is 34.1 Å². The average molecular weight is 627 g/mol. The van der Waals surface area contributed by atoms with Crippen molar-refractivity contribution in [1.82, 2.24) is 25.6 Å². The van der Waals surface area contributed by atoms with Crippen molar-refractivity contribution in [3.63, 3.8) is 0 Å². The van der Waals surface area contributed by atoms with E-state index in [0.717, 1.165) is 12.1 Å². The monoisotopic (exact) mass is 626 g/mol. The van der Waals surface area contributed by atoms with Gasteiger partial charge in [-0.05, 0) is 73.2 Å². The van der Waals surface area contributed by atoms with Crippen molar-refractivity contribution >= 4 is 34.4 Å². The van der Waals surface area contributed by atoms with Gasteiger partial charge in [0.25, 0.3) is 11.8 Å². The Morgan fingerprint density at radius 3 is 2.35 bits per heavy atom. The van der Waals surface area contributed by atoms with Crippen LogP contribution in [0.4, 0.5) is 19.0 Å². The van der Waals surface area contributed by atoms with E-state index < -0.39 is 23.7 Å². The second kappa shape index (κ2) is 14.0. The minimum atomic E-state index is -4.48. The van der Waals surface area contributed by atoms with Crippen molar-refractivity contribution in [3.05, 3.63) is 120 Å². The van der Waals surface area contributed by atoms with E-state index in [0.29, 0.717) is 40.6 Å². The van der Waals surface area contributed by atoms with E-state index in [1.165, 1.54) is 24.4 Å². The van der Waals surface area contributed by atoms with Crippen LogP contribution in [0.3, 0.4) is 0 Å². The van der Waals surface area contributed by atoms with E-state index >= 15 is 0 Å². The summed E-state index contributed by atoms with van der Waals surface area (Å²) in [7, 11) is 0. The quantitative estimate of drug-likeness (QED) is 0.166. The summed E-state index contributed by atoms with van der Waals surface area (Å²) in [5.41, 5.74) is 1.40. The molecule has 12 heteroatoms. The highest BCUT2D eigenvalue weighted by Gasteiger charge is 2.30. The van der Waals surface area contributed by atoms with Crippen LogP contribution in [0, 0.1) is 0 Å². The fraction of sp³-hybridized carbons (Fsp3) is 0.176. The normalized spacial score (nSPS) is 11.9. The van der Waals surface area contributed by atoms with E-state index in [-0.39, 0.29) is 35.4 Å². The number of pyridine rings is 3. The van der Waals surface area contributed by atoms with Crippen molar-refractivity contribution in [3.8, 4) is 11.3 Å². The number of hydrogen-bond acceptors (Lipinski definition) is 6. The third kappa shape index (κ3) is 7.70. The number of alkyl halides is 3. The predicted molar refractivity (Wildman–Crippen MR) is 167 cm³/mol. The van der Waals surface area contributed by atoms with Crippen LogP contribution in [0.25, 0.3) is 22.2 Å². The van der Waals surface area contributed by atoms with E-state index in [4.69, 9.17) is 0 Å². The molecule has 234 valence electrons. The number of carbonyl (C=O) groups is 3. The maximum Gasteiger partial charge on any atom is 0.416 e. The summed E-state index contributed by atoms with van der Waals surface area (Å²) in [6.45, 7) is 2.09. The lowest BCUT2D eigenvalue weighted by atomic mass is 10.0. The van der Waals surface area contributed by atoms with Gasteiger partial charge >= 0.3 is 6.18 Å². The molecule has 0 spiro atoms. The lowest BCUT2D eigenvalue weighted by molar-refractivity contribution is -0.137. The molecule has 2 aromatic carbocycles. The van der Waals surface area contributed by atoms with Crippen molar-refractivity contribution in [2.24, 2.45) is 0 Å². The molecule has 3 aromatic heterocycles. The summed E-state index contributed by atoms with van der Waals surface area (Å²) in [4.78, 5) is 51.6. The van der Waals surface area contributed by atoms with Crippen molar-refractivity contribution < 1.29 is 27.6 Å². The molecule has 5 rings (SSSR count). The molecular weight excluding hydrogens is 597 g/mol. The van der Waals surface area contributed by atoms with Crippen LogP contribution < -0.4 is 16.0 Å². The Bertz CT molecular complexity index is 1860. The summed E-state index contributed by atoms with van der Waals surface area (Å²) in [6, 6.07) is 20.5. The summed E-state index contributed by atoms with van der Waals surface area (Å²) in [5, 5.41) is 9.14. The first kappa shape index (κ1) is 31.8. The molecule has 3 amide bonds. The molecule has 0 aliphatic rings. The third-order valence-electron chi connectivity index (χ3n) is 7.06. The number of benzene rings is 2. The van der Waals surface area contributed by atoms with Gasteiger partial charge in [0.15, 0.2) is 0 Å². The number of fused-ring (bicyclic) bond motifs is 1. The molecule has 46 heavy (non-hydrogen) atoms. The van der Waals surface area contributed by atoms with Crippen LogP contribution in [0.1, 0.15) is 57.8 Å². The van der Waals surface area contributed by atoms with E-state index in [1.807, 2.05) is 6.92 Å². The van der Waals surface area contributed by atoms with Crippen LogP contribution in [0.5, 0.6) is 0 Å². The Kier molecular flexibility index (Phi) is 9.65. The van der Waals surface area contributed by atoms with Crippen molar-refractivity contribution in [2.45, 2.75) is 32.0 Å². The minimum Gasteiger partial charge on any atom is -0.354 e. The van der Waals surface area contributed by atoms with Gasteiger partial charge < -0.3 is 16.0 Å². The summed E-state index contributed by atoms with van der Waals surface area (Å²) >= 11 is 0. The van der Waals surface area contributed by atoms with Gasteiger partial charge in [-0.2, -0.15) is 13.2 Å². The first-order valence-corrected chi connectivity index (χ1v) is 14.5. The second-order valence-corrected chi connectivity index (χ2v) is 10.4. The fourth-order valence-corrected chi connectivity index (χ4v) is 4.74. The number of anilines is 1. The maximum absolute atomic E-state index is 13.2. The van der Waals surface area contributed by atoms with Gasteiger partial charge in [0, 0.05) is 41.9 Å². The lowest BCUT2D eigenvalue weighted by Crippen LogP contribution is -2.38. The topological polar surface area (TPSA) is 126 Å². The fourth-order valence-electron chi connectivity index (χ4n) is 4.74. The van der Waals surface area contributed by atoms with Crippen LogP contribution in [-0.4, -0.2) is 39.2 Å². The summed E-state index contributed by atoms with van der Waals surface area (Å²) < 4.78 is 39.0. The largest absolute Gasteiger partial charge is 0.416 e. The number of nitrogens with one attached hydrogen (secondary N) is 3. The molecule has 0 bridgehead atoms. The highest BCUT2D eigenvalue weighted by atomic mass is 19.4. The average Bonchev–Trinajstić information content (AvgIpc) is 3.06. The standard InChI is InChI=1S/C34H29F3N6O3/c1-2-6-30(44)40-20-28(27-8-3-4-17-38-27)42-32(45)23-11-15-26-22(19-23)12-16-29(41-26)43-33(46)25-7-5-18-39-31(25)21-9-13-24(14-10-21)34(35,36)37/h3-5,7-19,28H,2,6,20H2,1H3,(H,40,44)(H,42,45)(H,41,43,46)/t28-/m0/s1. The number of halogens is 3. The lowest BCUT2D eigenvalue weighted by Gasteiger charge is -2.19. The Labute approximate surface area is 262 Å². The SMILES string of the molecule is CCCC(=O)NC[C@H](NC(=O)c1ccc2nc(NC(=O)c3cccnc3-c3ccc(C(F)(F)F)cc3)ccc2c1)c1ccccn1. The zero-order chi connectivity index (χ0) is 32.7. The zero-order valence-electron chi connectivity index (χ0n) is 24.6. The molecule has 0 saturated heterocycles. The summed E-state index contributed by atoms with van der Waals surface area (Å²) in [6.07, 6.45) is -0.330. The maximum atomic E-state index is 13.2. The molecule has 0 unspecified atom stereocenters. The third-order valence-corrected chi connectivity index (χ3v) is 7.06. The number of aromatic nitrogens is 3. The van der Waals surface area contributed by atoms with Gasteiger partial charge in [-0.3, -0.25) is 24.4 Å². The number of carbonyl (C=O) groups excluding carboxylic acids is 3. The molecule has 0 aliphatic heterocycles. The number of nitrogens with zero attached hydrogens (tertiary/aromatic N) is 3. The molecule has 1 atom stereocenters. The molecule has 3 heterocycles. The molecule has 0 saturated carbocycles. The highest BCUT2D eigenvalue weighted by molar-refractivity contribution is 6.08. The number of hydrogen-bond donors (Lipinski definition) is 3. The molecule has 3 N–H and O–H groups in total. The Morgan fingerprint density at radius 2 is 1.63 bits per heavy atom. The Balaban J connectivity index is 1.31. The first-order valence-electron chi connectivity index (χ1n) is 14.5. The highest BCUT2D eigenvalue weighted by Crippen LogP contribution is 2.31. The van der Waals surface area contributed by atoms with Crippen molar-refractivity contribution in [1.29, 1.82) is 0 Å². The van der Waals surface area contributed by atoms with Crippen LogP contribution in [-0.2, 0) is 11.0 Å². The first-order chi connectivity index (χ1) is 22.1. The van der Waals surface area contributed by atoms with Crippen molar-refractivity contribution in [2.75, 3.05) is 11.9 Å². The van der Waals surface area contributed by atoms with Crippen LogP contribution in [0.15, 0.2) is 97.3 Å². The summed E-state index contributed by atoms with van der Waals surface area (Å²) in [5.74, 6) is -0.795. The van der Waals surface area contributed by atoms with Gasteiger partial charge in [0.2, 0.25) is 5.91 Å². The Hall–Kier alpha value is -5.65. The van der Waals surface area contributed by atoms with Gasteiger partial charge in [-0.1, -0.05) is 25.1 Å². The molecule has 0 fully saturated rings. The predicted octanol–water partition coefficient (Wildman–Crippen LogP) is 6.35. The van der Waals surface area contributed by atoms with Crippen LogP contribution in [0.2, 0.25) is 0 Å². The van der Waals surface area contributed by atoms with Gasteiger partial charge in [0.1, 0.15) is 5.82 Å². The molecule has 5 aromatic rings. The second-order valence-electron chi connectivity index (χ2n) is 10.4. The molecule has 9 nitrogen and oxygen atoms in total. The molecule has 0 aliphatic carbocycles.